The molecular weight excluding hydrogens is 714 g/mol. The summed E-state index contributed by atoms with van der Waals surface area (Å²) >= 11 is 1.49. The van der Waals surface area contributed by atoms with Gasteiger partial charge in [-0.2, -0.15) is 26.3 Å². The van der Waals surface area contributed by atoms with Crippen molar-refractivity contribution < 1.29 is 40.7 Å². The number of thiophene rings is 1. The van der Waals surface area contributed by atoms with E-state index in [-0.39, 0.29) is 25.2 Å². The van der Waals surface area contributed by atoms with Crippen molar-refractivity contribution >= 4 is 40.7 Å². The van der Waals surface area contributed by atoms with Crippen LogP contribution in [0.3, 0.4) is 0 Å². The molecule has 2 atom stereocenters. The molecule has 1 aromatic heterocycles. The monoisotopic (exact) mass is 756 g/mol. The molecule has 5 amide bonds. The van der Waals surface area contributed by atoms with Gasteiger partial charge in [0.2, 0.25) is 5.91 Å². The van der Waals surface area contributed by atoms with E-state index in [2.05, 4.69) is 20.4 Å². The van der Waals surface area contributed by atoms with Crippen LogP contribution in [0, 0.1) is 5.92 Å². The van der Waals surface area contributed by atoms with Crippen LogP contribution in [0.2, 0.25) is 0 Å². The van der Waals surface area contributed by atoms with E-state index < -0.39 is 59.1 Å². The molecule has 1 aromatic carbocycles. The second-order valence-electron chi connectivity index (χ2n) is 14.5. The number of carbonyl (C=O) groups excluding carboxylic acids is 3. The summed E-state index contributed by atoms with van der Waals surface area (Å²) in [5.74, 6) is 0.00399. The van der Waals surface area contributed by atoms with Gasteiger partial charge < -0.3 is 36.0 Å². The molecule has 18 heteroatoms. The van der Waals surface area contributed by atoms with E-state index in [4.69, 9.17) is 5.73 Å². The molecule has 5 fully saturated rings. The summed E-state index contributed by atoms with van der Waals surface area (Å²) in [7, 11) is 0. The number of fused-ring (bicyclic) bond motifs is 4. The first-order valence-corrected chi connectivity index (χ1v) is 18.6. The summed E-state index contributed by atoms with van der Waals surface area (Å²) in [4.78, 5) is 50.1. The van der Waals surface area contributed by atoms with Crippen molar-refractivity contribution in [3.8, 4) is 0 Å². The Bertz CT molecular complexity index is 1630. The van der Waals surface area contributed by atoms with Crippen LogP contribution in [0.25, 0.3) is 0 Å². The number of rotatable bonds is 6. The number of hydrogen-bond donors (Lipinski definition) is 3. The molecule has 0 aliphatic carbocycles. The molecular formula is C34H42F6N8O3S. The fraction of sp³-hybridized carbons (Fsp3) is 0.618. The van der Waals surface area contributed by atoms with Gasteiger partial charge in [0, 0.05) is 75.3 Å². The number of halogens is 6. The third-order valence-corrected chi connectivity index (χ3v) is 12.2. The van der Waals surface area contributed by atoms with E-state index in [1.54, 1.807) is 4.90 Å². The maximum absolute atomic E-state index is 14.1. The van der Waals surface area contributed by atoms with Crippen LogP contribution in [0.15, 0.2) is 22.9 Å². The molecule has 8 rings (SSSR count). The Morgan fingerprint density at radius 1 is 0.885 bits per heavy atom. The molecule has 6 aliphatic rings. The van der Waals surface area contributed by atoms with Gasteiger partial charge in [0.15, 0.2) is 0 Å². The van der Waals surface area contributed by atoms with Gasteiger partial charge in [-0.15, -0.1) is 11.3 Å². The van der Waals surface area contributed by atoms with Crippen LogP contribution < -0.4 is 16.4 Å². The number of likely N-dealkylation sites (tertiary alicyclic amines) is 1. The van der Waals surface area contributed by atoms with Gasteiger partial charge >= 0.3 is 24.4 Å². The Labute approximate surface area is 301 Å². The van der Waals surface area contributed by atoms with E-state index in [9.17, 15) is 40.7 Å². The zero-order valence-corrected chi connectivity index (χ0v) is 29.3. The predicted octanol–water partition coefficient (Wildman–Crippen LogP) is 4.74. The van der Waals surface area contributed by atoms with Crippen LogP contribution >= 0.6 is 11.3 Å². The Morgan fingerprint density at radius 3 is 2.10 bits per heavy atom. The number of carbonyl (C=O) groups is 3. The van der Waals surface area contributed by atoms with Crippen molar-refractivity contribution in [3.05, 3.63) is 45.1 Å². The van der Waals surface area contributed by atoms with E-state index in [1.165, 1.54) is 21.1 Å². The Kier molecular flexibility index (Phi) is 10.0. The Hall–Kier alpha value is -3.77. The fourth-order valence-corrected chi connectivity index (χ4v) is 9.27. The van der Waals surface area contributed by atoms with Gasteiger partial charge in [0.25, 0.3) is 0 Å². The average molecular weight is 757 g/mol. The molecule has 0 saturated carbocycles. The van der Waals surface area contributed by atoms with E-state index in [1.807, 2.05) is 10.8 Å². The maximum Gasteiger partial charge on any atom is 0.418 e. The largest absolute Gasteiger partial charge is 0.418 e. The van der Waals surface area contributed by atoms with E-state index in [0.717, 1.165) is 43.7 Å². The molecule has 284 valence electrons. The highest BCUT2D eigenvalue weighted by Crippen LogP contribution is 2.42. The second-order valence-corrected chi connectivity index (χ2v) is 15.2. The van der Waals surface area contributed by atoms with Crippen molar-refractivity contribution in [2.45, 2.75) is 69.1 Å². The molecule has 0 radical (unpaired) electrons. The number of urea groups is 2. The summed E-state index contributed by atoms with van der Waals surface area (Å²) < 4.78 is 83.4. The topological polar surface area (TPSA) is 117 Å². The average Bonchev–Trinajstić information content (AvgIpc) is 3.58. The summed E-state index contributed by atoms with van der Waals surface area (Å²) in [5, 5.41) is 9.38. The number of hydrogen-bond acceptors (Lipinski definition) is 7. The first-order valence-electron chi connectivity index (χ1n) is 17.7. The van der Waals surface area contributed by atoms with Crippen molar-refractivity contribution in [2.24, 2.45) is 5.92 Å². The first kappa shape index (κ1) is 36.6. The zero-order valence-electron chi connectivity index (χ0n) is 28.4. The molecule has 5 saturated heterocycles. The standard InChI is InChI=1S/C34H42F6N8O3S/c35-33(36,37)24-13-20(14-25(29(24)41)34(38,39)40)15-26(30(49)46-11-9-45(10-12-46)28-17-44-5-1-21(28)2-6-44)42-31(50)47-7-3-23(4-8-47)48-16-22-18-52-19-27(22)43-32(48)51/h13-14,18-19,21,23,26,28H,1-12,15-17,41H2,(H,42,50)(H,43,51)/t26-,28?/m1/s1. The van der Waals surface area contributed by atoms with Crippen molar-refractivity contribution in [2.75, 3.05) is 70.0 Å². The fourth-order valence-electron chi connectivity index (χ4n) is 8.49. The third kappa shape index (κ3) is 7.51. The highest BCUT2D eigenvalue weighted by atomic mass is 32.1. The van der Waals surface area contributed by atoms with Gasteiger partial charge in [-0.25, -0.2) is 9.59 Å². The molecule has 7 heterocycles. The molecule has 1 unspecified atom stereocenters. The predicted molar refractivity (Wildman–Crippen MR) is 181 cm³/mol. The number of piperidine rings is 4. The lowest BCUT2D eigenvalue weighted by atomic mass is 9.83. The van der Waals surface area contributed by atoms with Gasteiger partial charge in [0.1, 0.15) is 6.04 Å². The van der Waals surface area contributed by atoms with Gasteiger partial charge in [-0.05, 0) is 67.8 Å². The highest BCUT2D eigenvalue weighted by molar-refractivity contribution is 7.08. The first-order chi connectivity index (χ1) is 24.7. The SMILES string of the molecule is Nc1c(C(F)(F)F)cc(C[C@@H](NC(=O)N2CCC(N3Cc4cscc4NC3=O)CC2)C(=O)N2CCN(C3CN4CCC3CC4)CC2)cc1C(F)(F)F. The smallest absolute Gasteiger partial charge is 0.398 e. The van der Waals surface area contributed by atoms with Crippen molar-refractivity contribution in [1.29, 1.82) is 0 Å². The summed E-state index contributed by atoms with van der Waals surface area (Å²) in [6, 6.07) is -1.06. The van der Waals surface area contributed by atoms with Crippen LogP contribution in [-0.2, 0) is 30.1 Å². The molecule has 2 aromatic rings. The van der Waals surface area contributed by atoms with Crippen LogP contribution in [0.5, 0.6) is 0 Å². The van der Waals surface area contributed by atoms with Gasteiger partial charge in [-0.3, -0.25) is 9.69 Å². The number of alkyl halides is 6. The summed E-state index contributed by atoms with van der Waals surface area (Å²) in [6.45, 7) is 5.80. The lowest BCUT2D eigenvalue weighted by molar-refractivity contribution is -0.141. The van der Waals surface area contributed by atoms with Gasteiger partial charge in [-0.1, -0.05) is 0 Å². The lowest BCUT2D eigenvalue weighted by Gasteiger charge is -2.51. The van der Waals surface area contributed by atoms with E-state index >= 15 is 0 Å². The van der Waals surface area contributed by atoms with Gasteiger partial charge in [0.05, 0.1) is 29.0 Å². The second kappa shape index (κ2) is 14.2. The molecule has 52 heavy (non-hydrogen) atoms. The number of nitrogens with zero attached hydrogens (tertiary/aromatic N) is 5. The third-order valence-electron chi connectivity index (χ3n) is 11.4. The number of nitrogens with one attached hydrogen (secondary N) is 2. The van der Waals surface area contributed by atoms with Crippen LogP contribution in [0.4, 0.5) is 47.3 Å². The number of nitrogens with two attached hydrogens (primary N) is 1. The minimum atomic E-state index is -5.19. The lowest BCUT2D eigenvalue weighted by Crippen LogP contribution is -2.63. The molecule has 4 N–H and O–H groups in total. The Morgan fingerprint density at radius 2 is 1.52 bits per heavy atom. The number of amides is 5. The number of nitrogen functional groups attached to an aromatic ring is 1. The number of piperazine rings is 1. The molecule has 6 aliphatic heterocycles. The zero-order chi connectivity index (χ0) is 36.9. The maximum atomic E-state index is 14.1. The quantitative estimate of drug-likeness (QED) is 0.290. The molecule has 0 spiro atoms. The molecule has 11 nitrogen and oxygen atoms in total. The van der Waals surface area contributed by atoms with E-state index in [0.29, 0.717) is 69.7 Å². The van der Waals surface area contributed by atoms with Crippen molar-refractivity contribution in [3.63, 3.8) is 0 Å². The normalized spacial score (nSPS) is 25.2. The number of benzene rings is 1. The molecule has 2 bridgehead atoms. The highest BCUT2D eigenvalue weighted by Gasteiger charge is 2.43. The van der Waals surface area contributed by atoms with Crippen LogP contribution in [0.1, 0.15) is 47.9 Å². The minimum absolute atomic E-state index is 0.154. The Balaban J connectivity index is 1.06. The minimum Gasteiger partial charge on any atom is -0.398 e. The summed E-state index contributed by atoms with van der Waals surface area (Å²) in [6.07, 6.45) is -7.84. The number of anilines is 2. The van der Waals surface area contributed by atoms with Crippen molar-refractivity contribution in [1.82, 2.24) is 29.8 Å². The van der Waals surface area contributed by atoms with Crippen LogP contribution in [-0.4, -0.2) is 119 Å². The summed E-state index contributed by atoms with van der Waals surface area (Å²) in [5.41, 5.74) is 1.97.